The summed E-state index contributed by atoms with van der Waals surface area (Å²) in [5.74, 6) is 0.608. The molecule has 0 saturated heterocycles. The molecule has 0 amide bonds. The average molecular weight is 178 g/mol. The predicted molar refractivity (Wildman–Crippen MR) is 55.7 cm³/mol. The standard InChI is InChI=1S/C11H18N2/c1-4-9(2)10-6-5-7-13-11(10)8-12-3/h5-7,9,12H,4,8H2,1-3H3. The molecule has 0 bridgehead atoms. The highest BCUT2D eigenvalue weighted by atomic mass is 14.8. The Bertz CT molecular complexity index is 258. The summed E-state index contributed by atoms with van der Waals surface area (Å²) >= 11 is 0. The molecule has 1 aromatic rings. The van der Waals surface area contributed by atoms with Crippen LogP contribution in [0.4, 0.5) is 0 Å². The minimum atomic E-state index is 0.608. The van der Waals surface area contributed by atoms with Gasteiger partial charge >= 0.3 is 0 Å². The molecule has 0 spiro atoms. The number of pyridine rings is 1. The summed E-state index contributed by atoms with van der Waals surface area (Å²) in [5, 5.41) is 3.14. The molecule has 0 aliphatic heterocycles. The SMILES string of the molecule is CCC(C)c1cccnc1CNC. The van der Waals surface area contributed by atoms with Crippen molar-refractivity contribution in [3.8, 4) is 0 Å². The Hall–Kier alpha value is -0.890. The number of rotatable bonds is 4. The molecule has 1 aromatic heterocycles. The van der Waals surface area contributed by atoms with Gasteiger partial charge in [-0.2, -0.15) is 0 Å². The first-order valence-corrected chi connectivity index (χ1v) is 4.88. The zero-order valence-electron chi connectivity index (χ0n) is 8.67. The molecule has 0 aliphatic rings. The van der Waals surface area contributed by atoms with E-state index < -0.39 is 0 Å². The van der Waals surface area contributed by atoms with Crippen LogP contribution in [-0.4, -0.2) is 12.0 Å². The van der Waals surface area contributed by atoms with E-state index in [-0.39, 0.29) is 0 Å². The summed E-state index contributed by atoms with van der Waals surface area (Å²) in [5.41, 5.74) is 2.55. The molecule has 2 nitrogen and oxygen atoms in total. The van der Waals surface area contributed by atoms with Gasteiger partial charge in [0.2, 0.25) is 0 Å². The van der Waals surface area contributed by atoms with E-state index in [0.29, 0.717) is 5.92 Å². The molecule has 1 N–H and O–H groups in total. The van der Waals surface area contributed by atoms with Gasteiger partial charge in [-0.15, -0.1) is 0 Å². The molecular formula is C11H18N2. The lowest BCUT2D eigenvalue weighted by atomic mass is 9.97. The Labute approximate surface area is 80.4 Å². The maximum absolute atomic E-state index is 4.37. The van der Waals surface area contributed by atoms with Crippen LogP contribution in [0.1, 0.15) is 37.4 Å². The van der Waals surface area contributed by atoms with Gasteiger partial charge in [0.15, 0.2) is 0 Å². The molecule has 0 saturated carbocycles. The highest BCUT2D eigenvalue weighted by Crippen LogP contribution is 2.20. The van der Waals surface area contributed by atoms with E-state index >= 15 is 0 Å². The summed E-state index contributed by atoms with van der Waals surface area (Å²) in [6, 6.07) is 4.19. The molecule has 0 aliphatic carbocycles. The largest absolute Gasteiger partial charge is 0.314 e. The van der Waals surface area contributed by atoms with Gasteiger partial charge in [0.05, 0.1) is 5.69 Å². The molecule has 1 atom stereocenters. The van der Waals surface area contributed by atoms with Crippen LogP contribution >= 0.6 is 0 Å². The van der Waals surface area contributed by atoms with Crippen molar-refractivity contribution in [1.29, 1.82) is 0 Å². The molecule has 2 heteroatoms. The minimum Gasteiger partial charge on any atom is -0.314 e. The lowest BCUT2D eigenvalue weighted by molar-refractivity contribution is 0.694. The van der Waals surface area contributed by atoms with Gasteiger partial charge in [-0.05, 0) is 31.0 Å². The molecule has 0 fully saturated rings. The molecule has 1 unspecified atom stereocenters. The summed E-state index contributed by atoms with van der Waals surface area (Å²) in [4.78, 5) is 4.37. The molecule has 0 aromatic carbocycles. The van der Waals surface area contributed by atoms with Crippen LogP contribution in [0, 0.1) is 0 Å². The monoisotopic (exact) mass is 178 g/mol. The smallest absolute Gasteiger partial charge is 0.0576 e. The first-order chi connectivity index (χ1) is 6.29. The Morgan fingerprint density at radius 3 is 2.92 bits per heavy atom. The fourth-order valence-corrected chi connectivity index (χ4v) is 1.43. The van der Waals surface area contributed by atoms with Gasteiger partial charge in [-0.1, -0.05) is 19.9 Å². The minimum absolute atomic E-state index is 0.608. The topological polar surface area (TPSA) is 24.9 Å². The van der Waals surface area contributed by atoms with Crippen molar-refractivity contribution in [3.05, 3.63) is 29.6 Å². The van der Waals surface area contributed by atoms with Gasteiger partial charge in [0.1, 0.15) is 0 Å². The highest BCUT2D eigenvalue weighted by molar-refractivity contribution is 5.23. The second-order valence-corrected chi connectivity index (χ2v) is 3.38. The quantitative estimate of drug-likeness (QED) is 0.765. The number of nitrogens with zero attached hydrogens (tertiary/aromatic N) is 1. The van der Waals surface area contributed by atoms with Crippen molar-refractivity contribution in [3.63, 3.8) is 0 Å². The van der Waals surface area contributed by atoms with Gasteiger partial charge in [-0.25, -0.2) is 0 Å². The van der Waals surface area contributed by atoms with Crippen LogP contribution < -0.4 is 5.32 Å². The van der Waals surface area contributed by atoms with Crippen LogP contribution in [0.2, 0.25) is 0 Å². The first-order valence-electron chi connectivity index (χ1n) is 4.88. The molecule has 13 heavy (non-hydrogen) atoms. The summed E-state index contributed by atoms with van der Waals surface area (Å²) in [6.45, 7) is 5.32. The number of hydrogen-bond acceptors (Lipinski definition) is 2. The van der Waals surface area contributed by atoms with E-state index in [0.717, 1.165) is 6.54 Å². The van der Waals surface area contributed by atoms with E-state index in [1.165, 1.54) is 17.7 Å². The third-order valence-corrected chi connectivity index (χ3v) is 2.41. The first kappa shape index (κ1) is 10.2. The van der Waals surface area contributed by atoms with E-state index in [1.807, 2.05) is 19.3 Å². The van der Waals surface area contributed by atoms with Crippen molar-refractivity contribution in [2.75, 3.05) is 7.05 Å². The summed E-state index contributed by atoms with van der Waals surface area (Å²) in [6.07, 6.45) is 3.03. The van der Waals surface area contributed by atoms with Gasteiger partial charge < -0.3 is 5.32 Å². The average Bonchev–Trinajstić information content (AvgIpc) is 2.18. The predicted octanol–water partition coefficient (Wildman–Crippen LogP) is 2.31. The van der Waals surface area contributed by atoms with Crippen molar-refractivity contribution in [2.45, 2.75) is 32.7 Å². The molecular weight excluding hydrogens is 160 g/mol. The summed E-state index contributed by atoms with van der Waals surface area (Å²) in [7, 11) is 1.95. The van der Waals surface area contributed by atoms with Crippen molar-refractivity contribution in [2.24, 2.45) is 0 Å². The number of nitrogens with one attached hydrogen (secondary N) is 1. The second kappa shape index (κ2) is 4.97. The fraction of sp³-hybridized carbons (Fsp3) is 0.545. The third-order valence-electron chi connectivity index (χ3n) is 2.41. The zero-order chi connectivity index (χ0) is 9.68. The zero-order valence-corrected chi connectivity index (χ0v) is 8.67. The maximum atomic E-state index is 4.37. The van der Waals surface area contributed by atoms with Crippen LogP contribution in [-0.2, 0) is 6.54 Å². The lowest BCUT2D eigenvalue weighted by Crippen LogP contribution is -2.10. The van der Waals surface area contributed by atoms with Crippen LogP contribution in [0.15, 0.2) is 18.3 Å². The van der Waals surface area contributed by atoms with E-state index in [4.69, 9.17) is 0 Å². The Kier molecular flexibility index (Phi) is 3.90. The lowest BCUT2D eigenvalue weighted by Gasteiger charge is -2.13. The third kappa shape index (κ3) is 2.52. The van der Waals surface area contributed by atoms with Crippen LogP contribution in [0.25, 0.3) is 0 Å². The second-order valence-electron chi connectivity index (χ2n) is 3.38. The summed E-state index contributed by atoms with van der Waals surface area (Å²) < 4.78 is 0. The number of aromatic nitrogens is 1. The van der Waals surface area contributed by atoms with Gasteiger partial charge in [0.25, 0.3) is 0 Å². The maximum Gasteiger partial charge on any atom is 0.0576 e. The van der Waals surface area contributed by atoms with Crippen molar-refractivity contribution < 1.29 is 0 Å². The molecule has 1 rings (SSSR count). The number of hydrogen-bond donors (Lipinski definition) is 1. The van der Waals surface area contributed by atoms with Crippen molar-refractivity contribution in [1.82, 2.24) is 10.3 Å². The molecule has 72 valence electrons. The Balaban J connectivity index is 2.90. The van der Waals surface area contributed by atoms with E-state index in [1.54, 1.807) is 0 Å². The highest BCUT2D eigenvalue weighted by Gasteiger charge is 2.08. The van der Waals surface area contributed by atoms with Gasteiger partial charge in [0, 0.05) is 12.7 Å². The van der Waals surface area contributed by atoms with Crippen LogP contribution in [0.5, 0.6) is 0 Å². The fourth-order valence-electron chi connectivity index (χ4n) is 1.43. The Morgan fingerprint density at radius 2 is 2.31 bits per heavy atom. The molecule has 1 heterocycles. The van der Waals surface area contributed by atoms with Crippen LogP contribution in [0.3, 0.4) is 0 Å². The molecule has 0 radical (unpaired) electrons. The Morgan fingerprint density at radius 1 is 1.54 bits per heavy atom. The normalized spacial score (nSPS) is 12.8. The van der Waals surface area contributed by atoms with E-state index in [2.05, 4.69) is 30.2 Å². The van der Waals surface area contributed by atoms with Gasteiger partial charge in [-0.3, -0.25) is 4.98 Å². The van der Waals surface area contributed by atoms with E-state index in [9.17, 15) is 0 Å². The van der Waals surface area contributed by atoms with Crippen molar-refractivity contribution >= 4 is 0 Å².